The maximum Gasteiger partial charge on any atom is 0.262 e. The summed E-state index contributed by atoms with van der Waals surface area (Å²) >= 11 is 1.21. The number of sulfonamides is 1. The average Bonchev–Trinajstić information content (AvgIpc) is 2.79. The van der Waals surface area contributed by atoms with E-state index in [0.29, 0.717) is 10.8 Å². The zero-order valence-corrected chi connectivity index (χ0v) is 11.2. The van der Waals surface area contributed by atoms with Crippen LogP contribution in [-0.4, -0.2) is 26.5 Å². The molecule has 0 amide bonds. The number of piperidine rings is 1. The topological polar surface area (TPSA) is 75.4 Å². The monoisotopic (exact) mass is 275 g/mol. The second-order valence-corrected chi connectivity index (χ2v) is 6.92. The summed E-state index contributed by atoms with van der Waals surface area (Å²) in [6.45, 7) is 1.94. The molecule has 1 aliphatic rings. The number of thiophene rings is 1. The van der Waals surface area contributed by atoms with Crippen molar-refractivity contribution in [3.8, 4) is 0 Å². The standard InChI is InChI=1S/C10H17N3O2S2/c11-7-9-6-10(16-8-9)17(14,15)12-13-4-2-1-3-5-13/h6,8,12H,1-5,7,11H2. The molecule has 0 spiro atoms. The number of hydrogen-bond donors (Lipinski definition) is 2. The Labute approximate surface area is 106 Å². The lowest BCUT2D eigenvalue weighted by atomic mass is 10.2. The van der Waals surface area contributed by atoms with E-state index in [-0.39, 0.29) is 0 Å². The number of rotatable bonds is 4. The Hall–Kier alpha value is -0.470. The molecule has 1 saturated heterocycles. The van der Waals surface area contributed by atoms with Gasteiger partial charge in [0, 0.05) is 19.6 Å². The Morgan fingerprint density at radius 3 is 2.65 bits per heavy atom. The molecule has 5 nitrogen and oxygen atoms in total. The van der Waals surface area contributed by atoms with Gasteiger partial charge in [0.2, 0.25) is 0 Å². The van der Waals surface area contributed by atoms with E-state index in [1.807, 2.05) is 0 Å². The summed E-state index contributed by atoms with van der Waals surface area (Å²) in [4.78, 5) is 2.62. The highest BCUT2D eigenvalue weighted by Crippen LogP contribution is 2.20. The summed E-state index contributed by atoms with van der Waals surface area (Å²) in [7, 11) is -3.41. The molecule has 0 aromatic carbocycles. The summed E-state index contributed by atoms with van der Waals surface area (Å²) in [5, 5.41) is 3.56. The van der Waals surface area contributed by atoms with Crippen LogP contribution < -0.4 is 10.6 Å². The van der Waals surface area contributed by atoms with Crippen LogP contribution in [0.15, 0.2) is 15.7 Å². The molecule has 2 rings (SSSR count). The molecule has 2 heterocycles. The molecule has 0 radical (unpaired) electrons. The zero-order chi connectivity index (χ0) is 12.3. The minimum absolute atomic E-state index is 0.337. The van der Waals surface area contributed by atoms with Gasteiger partial charge < -0.3 is 5.73 Å². The first-order chi connectivity index (χ1) is 8.12. The lowest BCUT2D eigenvalue weighted by Gasteiger charge is -2.26. The van der Waals surface area contributed by atoms with Crippen molar-refractivity contribution in [1.29, 1.82) is 0 Å². The van der Waals surface area contributed by atoms with Crippen molar-refractivity contribution in [3.63, 3.8) is 0 Å². The SMILES string of the molecule is NCc1csc(S(=O)(=O)NN2CCCCC2)c1. The van der Waals surface area contributed by atoms with E-state index in [1.54, 1.807) is 16.5 Å². The van der Waals surface area contributed by atoms with Gasteiger partial charge in [-0.1, -0.05) is 6.42 Å². The van der Waals surface area contributed by atoms with Crippen molar-refractivity contribution in [2.75, 3.05) is 13.1 Å². The van der Waals surface area contributed by atoms with Crippen molar-refractivity contribution in [3.05, 3.63) is 17.0 Å². The first-order valence-electron chi connectivity index (χ1n) is 5.67. The van der Waals surface area contributed by atoms with E-state index in [9.17, 15) is 8.42 Å². The molecule has 0 saturated carbocycles. The third kappa shape index (κ3) is 3.26. The smallest absolute Gasteiger partial charge is 0.262 e. The van der Waals surface area contributed by atoms with Gasteiger partial charge >= 0.3 is 0 Å². The molecule has 3 N–H and O–H groups in total. The Morgan fingerprint density at radius 2 is 2.06 bits per heavy atom. The van der Waals surface area contributed by atoms with Crippen LogP contribution >= 0.6 is 11.3 Å². The van der Waals surface area contributed by atoms with Gasteiger partial charge in [-0.2, -0.15) is 0 Å². The highest BCUT2D eigenvalue weighted by Gasteiger charge is 2.21. The van der Waals surface area contributed by atoms with Crippen molar-refractivity contribution >= 4 is 21.4 Å². The van der Waals surface area contributed by atoms with Crippen molar-refractivity contribution in [2.45, 2.75) is 30.0 Å². The predicted octanol–water partition coefficient (Wildman–Crippen LogP) is 0.886. The number of hydrazine groups is 1. The largest absolute Gasteiger partial charge is 0.326 e. The van der Waals surface area contributed by atoms with Gasteiger partial charge in [0.25, 0.3) is 10.0 Å². The van der Waals surface area contributed by atoms with Crippen LogP contribution in [0, 0.1) is 0 Å². The van der Waals surface area contributed by atoms with E-state index >= 15 is 0 Å². The summed E-state index contributed by atoms with van der Waals surface area (Å²) in [5.41, 5.74) is 6.33. The molecule has 0 unspecified atom stereocenters. The van der Waals surface area contributed by atoms with E-state index in [4.69, 9.17) is 5.73 Å². The molecule has 17 heavy (non-hydrogen) atoms. The number of nitrogens with zero attached hydrogens (tertiary/aromatic N) is 1. The van der Waals surface area contributed by atoms with Gasteiger partial charge in [0.1, 0.15) is 4.21 Å². The first kappa shape index (κ1) is 13.0. The Kier molecular flexibility index (Phi) is 4.16. The second-order valence-electron chi connectivity index (χ2n) is 4.12. The molecule has 0 atom stereocenters. The molecule has 0 bridgehead atoms. The van der Waals surface area contributed by atoms with Gasteiger partial charge in [-0.15, -0.1) is 16.2 Å². The fourth-order valence-corrected chi connectivity index (χ4v) is 4.13. The van der Waals surface area contributed by atoms with Crippen molar-refractivity contribution < 1.29 is 8.42 Å². The quantitative estimate of drug-likeness (QED) is 0.855. The van der Waals surface area contributed by atoms with Crippen LogP contribution in [0.5, 0.6) is 0 Å². The normalized spacial score (nSPS) is 18.4. The maximum absolute atomic E-state index is 12.0. The van der Waals surface area contributed by atoms with Gasteiger partial charge in [0.05, 0.1) is 0 Å². The summed E-state index contributed by atoms with van der Waals surface area (Å²) in [6.07, 6.45) is 3.26. The highest BCUT2D eigenvalue weighted by atomic mass is 32.2. The van der Waals surface area contributed by atoms with Crippen LogP contribution in [0.4, 0.5) is 0 Å². The second kappa shape index (κ2) is 5.45. The molecule has 1 aromatic heterocycles. The van der Waals surface area contributed by atoms with Gasteiger partial charge in [-0.05, 0) is 29.9 Å². The third-order valence-electron chi connectivity index (χ3n) is 2.74. The maximum atomic E-state index is 12.0. The molecular weight excluding hydrogens is 258 g/mol. The van der Waals surface area contributed by atoms with E-state index in [1.165, 1.54) is 17.8 Å². The van der Waals surface area contributed by atoms with E-state index in [0.717, 1.165) is 31.5 Å². The minimum Gasteiger partial charge on any atom is -0.326 e. The Morgan fingerprint density at radius 1 is 1.35 bits per heavy atom. The lowest BCUT2D eigenvalue weighted by molar-refractivity contribution is 0.200. The molecule has 1 aliphatic heterocycles. The fraction of sp³-hybridized carbons (Fsp3) is 0.600. The van der Waals surface area contributed by atoms with Gasteiger partial charge in [0.15, 0.2) is 0 Å². The summed E-state index contributed by atoms with van der Waals surface area (Å²) < 4.78 is 24.4. The van der Waals surface area contributed by atoms with Crippen molar-refractivity contribution in [1.82, 2.24) is 9.84 Å². The summed E-state index contributed by atoms with van der Waals surface area (Å²) in [6, 6.07) is 1.64. The molecule has 1 aromatic rings. The van der Waals surface area contributed by atoms with Crippen LogP contribution in [0.25, 0.3) is 0 Å². The summed E-state index contributed by atoms with van der Waals surface area (Å²) in [5.74, 6) is 0. The van der Waals surface area contributed by atoms with Crippen LogP contribution in [-0.2, 0) is 16.6 Å². The average molecular weight is 275 g/mol. The predicted molar refractivity (Wildman–Crippen MR) is 68.0 cm³/mol. The van der Waals surface area contributed by atoms with Crippen LogP contribution in [0.2, 0.25) is 0 Å². The lowest BCUT2D eigenvalue weighted by Crippen LogP contribution is -2.44. The number of nitrogens with two attached hydrogens (primary N) is 1. The van der Waals surface area contributed by atoms with Gasteiger partial charge in [-0.3, -0.25) is 0 Å². The zero-order valence-electron chi connectivity index (χ0n) is 9.55. The number of nitrogens with one attached hydrogen (secondary N) is 1. The van der Waals surface area contributed by atoms with Gasteiger partial charge in [-0.25, -0.2) is 13.4 Å². The Bertz CT molecular complexity index is 464. The van der Waals surface area contributed by atoms with Crippen LogP contribution in [0.3, 0.4) is 0 Å². The fourth-order valence-electron chi connectivity index (χ4n) is 1.80. The van der Waals surface area contributed by atoms with E-state index in [2.05, 4.69) is 4.83 Å². The third-order valence-corrected chi connectivity index (χ3v) is 5.60. The molecule has 96 valence electrons. The molecule has 1 fully saturated rings. The van der Waals surface area contributed by atoms with Crippen molar-refractivity contribution in [2.24, 2.45) is 5.73 Å². The molecule has 0 aliphatic carbocycles. The minimum atomic E-state index is -3.41. The Balaban J connectivity index is 2.07. The molecular formula is C10H17N3O2S2. The number of hydrogen-bond acceptors (Lipinski definition) is 5. The van der Waals surface area contributed by atoms with Crippen LogP contribution in [0.1, 0.15) is 24.8 Å². The van der Waals surface area contributed by atoms with E-state index < -0.39 is 10.0 Å². The first-order valence-corrected chi connectivity index (χ1v) is 8.03. The molecule has 7 heteroatoms. The highest BCUT2D eigenvalue weighted by molar-refractivity contribution is 7.91.